The van der Waals surface area contributed by atoms with Gasteiger partial charge in [-0.2, -0.15) is 4.99 Å². The minimum Gasteiger partial charge on any atom is -0.465 e. The van der Waals surface area contributed by atoms with Crippen LogP contribution in [0.5, 0.6) is 0 Å². The number of thiazole rings is 1. The van der Waals surface area contributed by atoms with E-state index in [0.29, 0.717) is 15.8 Å². The van der Waals surface area contributed by atoms with Gasteiger partial charge < -0.3 is 13.7 Å². The molecule has 0 aliphatic heterocycles. The fourth-order valence-corrected chi connectivity index (χ4v) is 4.35. The van der Waals surface area contributed by atoms with Crippen LogP contribution in [0.2, 0.25) is 0 Å². The van der Waals surface area contributed by atoms with Gasteiger partial charge >= 0.3 is 5.97 Å². The molecule has 0 unspecified atom stereocenters. The number of rotatable bonds is 4. The number of hydrogen-bond acceptors (Lipinski definition) is 6. The Labute approximate surface area is 174 Å². The summed E-state index contributed by atoms with van der Waals surface area (Å²) in [6, 6.07) is 12.4. The number of carbonyl (C=O) groups is 2. The van der Waals surface area contributed by atoms with Crippen LogP contribution in [0.25, 0.3) is 21.2 Å². The number of carbonyl (C=O) groups excluding carboxylic acids is 2. The van der Waals surface area contributed by atoms with Crippen LogP contribution in [-0.2, 0) is 16.1 Å². The molecule has 0 N–H and O–H groups in total. The molecule has 1 amide bonds. The Morgan fingerprint density at radius 2 is 1.97 bits per heavy atom. The van der Waals surface area contributed by atoms with E-state index in [1.54, 1.807) is 35.8 Å². The average molecular weight is 422 g/mol. The molecule has 8 heteroatoms. The Bertz CT molecular complexity index is 1410. The van der Waals surface area contributed by atoms with Crippen molar-refractivity contribution in [1.29, 1.82) is 0 Å². The van der Waals surface area contributed by atoms with Gasteiger partial charge in [-0.15, -0.1) is 0 Å². The quantitative estimate of drug-likeness (QED) is 0.470. The second-order valence-electron chi connectivity index (χ2n) is 6.59. The molecule has 0 atom stereocenters. The highest BCUT2D eigenvalue weighted by atomic mass is 32.1. The molecule has 7 nitrogen and oxygen atoms in total. The molecule has 0 spiro atoms. The van der Waals surface area contributed by atoms with Crippen LogP contribution >= 0.6 is 11.3 Å². The third kappa shape index (κ3) is 3.57. The Morgan fingerprint density at radius 3 is 2.77 bits per heavy atom. The van der Waals surface area contributed by atoms with Gasteiger partial charge in [-0.25, -0.2) is 0 Å². The van der Waals surface area contributed by atoms with Gasteiger partial charge in [-0.1, -0.05) is 35.6 Å². The van der Waals surface area contributed by atoms with Crippen LogP contribution in [0.3, 0.4) is 0 Å². The monoisotopic (exact) mass is 422 g/mol. The second-order valence-corrected chi connectivity index (χ2v) is 7.60. The fourth-order valence-electron chi connectivity index (χ4n) is 3.25. The third-order valence-corrected chi connectivity index (χ3v) is 5.65. The van der Waals surface area contributed by atoms with E-state index in [4.69, 9.17) is 9.15 Å². The molecule has 2 aromatic heterocycles. The molecule has 0 saturated carbocycles. The first-order chi connectivity index (χ1) is 14.5. The number of amides is 1. The zero-order valence-corrected chi connectivity index (χ0v) is 17.2. The molecular formula is C22H18N2O5S. The number of esters is 1. The highest BCUT2D eigenvalue weighted by Crippen LogP contribution is 2.21. The van der Waals surface area contributed by atoms with Gasteiger partial charge in [0.25, 0.3) is 5.91 Å². The predicted molar refractivity (Wildman–Crippen MR) is 114 cm³/mol. The zero-order valence-electron chi connectivity index (χ0n) is 16.4. The zero-order chi connectivity index (χ0) is 21.3. The Balaban J connectivity index is 1.87. The number of aryl methyl sites for hydroxylation is 1. The Kier molecular flexibility index (Phi) is 5.33. The van der Waals surface area contributed by atoms with E-state index in [1.165, 1.54) is 11.3 Å². The van der Waals surface area contributed by atoms with E-state index < -0.39 is 17.3 Å². The van der Waals surface area contributed by atoms with Gasteiger partial charge in [-0.3, -0.25) is 14.4 Å². The van der Waals surface area contributed by atoms with Gasteiger partial charge in [0.05, 0.1) is 22.2 Å². The smallest absolute Gasteiger partial charge is 0.326 e. The SMILES string of the molecule is CCOC(=O)Cn1c(=NC(=O)c2coc3ccccc3c2=O)sc2cccc(C)c21. The van der Waals surface area contributed by atoms with Gasteiger partial charge in [0.2, 0.25) is 5.43 Å². The summed E-state index contributed by atoms with van der Waals surface area (Å²) >= 11 is 1.27. The van der Waals surface area contributed by atoms with Crippen LogP contribution < -0.4 is 10.2 Å². The van der Waals surface area contributed by atoms with Crippen molar-refractivity contribution in [3.63, 3.8) is 0 Å². The van der Waals surface area contributed by atoms with Crippen LogP contribution in [-0.4, -0.2) is 23.1 Å². The van der Waals surface area contributed by atoms with E-state index in [1.807, 2.05) is 25.1 Å². The van der Waals surface area contributed by atoms with E-state index in [2.05, 4.69) is 4.99 Å². The van der Waals surface area contributed by atoms with E-state index in [9.17, 15) is 14.4 Å². The lowest BCUT2D eigenvalue weighted by Gasteiger charge is -2.06. The topological polar surface area (TPSA) is 90.9 Å². The van der Waals surface area contributed by atoms with Crippen molar-refractivity contribution in [2.75, 3.05) is 6.61 Å². The first-order valence-corrected chi connectivity index (χ1v) is 10.2. The maximum atomic E-state index is 12.9. The largest absolute Gasteiger partial charge is 0.465 e. The molecule has 0 fully saturated rings. The number of para-hydroxylation sites is 2. The lowest BCUT2D eigenvalue weighted by Crippen LogP contribution is -2.24. The molecule has 0 saturated heterocycles. The maximum Gasteiger partial charge on any atom is 0.326 e. The number of fused-ring (bicyclic) bond motifs is 2. The molecule has 0 bridgehead atoms. The van der Waals surface area contributed by atoms with Crippen molar-refractivity contribution in [3.8, 4) is 0 Å². The number of ether oxygens (including phenoxy) is 1. The van der Waals surface area contributed by atoms with Gasteiger partial charge in [0.15, 0.2) is 4.80 Å². The second kappa shape index (κ2) is 8.08. The summed E-state index contributed by atoms with van der Waals surface area (Å²) in [6.07, 6.45) is 1.13. The van der Waals surface area contributed by atoms with Crippen LogP contribution in [0.1, 0.15) is 22.8 Å². The lowest BCUT2D eigenvalue weighted by atomic mass is 10.1. The molecule has 4 rings (SSSR count). The number of nitrogens with zero attached hydrogens (tertiary/aromatic N) is 2. The highest BCUT2D eigenvalue weighted by Gasteiger charge is 2.17. The van der Waals surface area contributed by atoms with Crippen LogP contribution in [0.4, 0.5) is 0 Å². The summed E-state index contributed by atoms with van der Waals surface area (Å²) in [4.78, 5) is 42.2. The Hall–Kier alpha value is -3.52. The fraction of sp³-hybridized carbons (Fsp3) is 0.182. The predicted octanol–water partition coefficient (Wildman–Crippen LogP) is 3.42. The Morgan fingerprint density at radius 1 is 1.17 bits per heavy atom. The highest BCUT2D eigenvalue weighted by molar-refractivity contribution is 7.16. The van der Waals surface area contributed by atoms with Gasteiger partial charge in [-0.05, 0) is 37.6 Å². The summed E-state index contributed by atoms with van der Waals surface area (Å²) < 4.78 is 13.0. The van der Waals surface area contributed by atoms with Crippen molar-refractivity contribution < 1.29 is 18.7 Å². The average Bonchev–Trinajstić information content (AvgIpc) is 3.06. The van der Waals surface area contributed by atoms with Crippen molar-refractivity contribution in [2.45, 2.75) is 20.4 Å². The molecule has 0 aliphatic carbocycles. The van der Waals surface area contributed by atoms with Crippen molar-refractivity contribution in [1.82, 2.24) is 4.57 Å². The molecule has 152 valence electrons. The third-order valence-electron chi connectivity index (χ3n) is 4.60. The van der Waals surface area contributed by atoms with E-state index in [0.717, 1.165) is 22.0 Å². The minimum absolute atomic E-state index is 0.0862. The van der Waals surface area contributed by atoms with Crippen molar-refractivity contribution >= 4 is 44.4 Å². The van der Waals surface area contributed by atoms with Gasteiger partial charge in [0.1, 0.15) is 24.0 Å². The summed E-state index contributed by atoms with van der Waals surface area (Å²) in [5.41, 5.74) is 1.53. The first-order valence-electron chi connectivity index (χ1n) is 9.33. The van der Waals surface area contributed by atoms with E-state index >= 15 is 0 Å². The van der Waals surface area contributed by atoms with Crippen molar-refractivity contribution in [3.05, 3.63) is 74.9 Å². The van der Waals surface area contributed by atoms with Crippen LogP contribution in [0.15, 0.2) is 62.9 Å². The summed E-state index contributed by atoms with van der Waals surface area (Å²) in [6.45, 7) is 3.81. The summed E-state index contributed by atoms with van der Waals surface area (Å²) in [7, 11) is 0. The standard InChI is InChI=1S/C22H18N2O5S/c1-3-28-18(25)11-24-19-13(2)7-6-10-17(19)30-22(24)23-21(27)15-12-29-16-9-5-4-8-14(16)20(15)26/h4-10,12H,3,11H2,1-2H3. The van der Waals surface area contributed by atoms with Gasteiger partial charge in [0, 0.05) is 0 Å². The lowest BCUT2D eigenvalue weighted by molar-refractivity contribution is -0.143. The minimum atomic E-state index is -0.726. The first kappa shape index (κ1) is 19.8. The normalized spacial score (nSPS) is 11.9. The van der Waals surface area contributed by atoms with Crippen LogP contribution in [0, 0.1) is 6.92 Å². The number of aromatic nitrogens is 1. The molecule has 30 heavy (non-hydrogen) atoms. The number of hydrogen-bond donors (Lipinski definition) is 0. The molecule has 0 aliphatic rings. The van der Waals surface area contributed by atoms with E-state index in [-0.39, 0.29) is 18.7 Å². The number of benzene rings is 2. The molecule has 2 aromatic carbocycles. The molecule has 0 radical (unpaired) electrons. The molecule has 4 aromatic rings. The summed E-state index contributed by atoms with van der Waals surface area (Å²) in [5.74, 6) is -1.16. The molecule has 2 heterocycles. The summed E-state index contributed by atoms with van der Waals surface area (Å²) in [5, 5.41) is 0.310. The van der Waals surface area contributed by atoms with Crippen molar-refractivity contribution in [2.24, 2.45) is 4.99 Å². The maximum absolute atomic E-state index is 12.9. The molecular weight excluding hydrogens is 404 g/mol.